The van der Waals surface area contributed by atoms with Gasteiger partial charge in [0, 0.05) is 8.41 Å². The fourth-order valence-corrected chi connectivity index (χ4v) is 0. The molecule has 0 aliphatic heterocycles. The first-order chi connectivity index (χ1) is 1.41. The molecular formula is C2H7BSn. The van der Waals surface area contributed by atoms with Crippen molar-refractivity contribution in [1.82, 2.24) is 0 Å². The van der Waals surface area contributed by atoms with Crippen LogP contribution in [0.2, 0.25) is 9.88 Å². The summed E-state index contributed by atoms with van der Waals surface area (Å²) in [6, 6.07) is 0. The van der Waals surface area contributed by atoms with Crippen molar-refractivity contribution < 1.29 is 0 Å². The van der Waals surface area contributed by atoms with Crippen LogP contribution in [0.25, 0.3) is 0 Å². The van der Waals surface area contributed by atoms with Crippen molar-refractivity contribution in [2.45, 2.75) is 9.88 Å². The van der Waals surface area contributed by atoms with E-state index in [0.29, 0.717) is 0 Å². The normalized spacial score (nSPS) is 4.50. The Bertz CT molecular complexity index is 6.00. The molecule has 2 heteroatoms. The standard InChI is InChI=1S/2CH3.B.Sn.H/h2*1H3;;;. The summed E-state index contributed by atoms with van der Waals surface area (Å²) in [5, 5.41) is 0. The van der Waals surface area contributed by atoms with Crippen LogP contribution in [0.4, 0.5) is 0 Å². The molecule has 0 aromatic rings. The first kappa shape index (κ1) is 8.85. The molecule has 0 aliphatic carbocycles. The molecule has 0 saturated heterocycles. The Hall–Kier alpha value is 0.864. The van der Waals surface area contributed by atoms with Gasteiger partial charge in [0.1, 0.15) is 0 Å². The van der Waals surface area contributed by atoms with E-state index in [-0.39, 0.29) is 29.6 Å². The predicted molar refractivity (Wildman–Crippen MR) is 24.6 cm³/mol. The molecule has 0 heterocycles. The third-order valence-electron chi connectivity index (χ3n) is 0. The average molecular weight is 161 g/mol. The average Bonchev–Trinajstić information content (AvgIpc) is 0.918. The molecule has 0 aliphatic rings. The van der Waals surface area contributed by atoms with Gasteiger partial charge in [0.2, 0.25) is 0 Å². The van der Waals surface area contributed by atoms with Crippen molar-refractivity contribution in [3.63, 3.8) is 0 Å². The third kappa shape index (κ3) is 13.3. The zero-order chi connectivity index (χ0) is 2.71. The summed E-state index contributed by atoms with van der Waals surface area (Å²) >= 11 is 0.110. The SMILES string of the molecule is [B].[CH3][SnH][CH3]. The van der Waals surface area contributed by atoms with Gasteiger partial charge in [-0.25, -0.2) is 0 Å². The first-order valence-corrected chi connectivity index (χ1v) is 7.75. The molecule has 0 fully saturated rings. The van der Waals surface area contributed by atoms with Crippen molar-refractivity contribution in [3.8, 4) is 0 Å². The van der Waals surface area contributed by atoms with E-state index >= 15 is 0 Å². The minimum atomic E-state index is 0. The Morgan fingerprint density at radius 2 is 1.25 bits per heavy atom. The number of hydrogen-bond acceptors (Lipinski definition) is 0. The van der Waals surface area contributed by atoms with Crippen molar-refractivity contribution in [1.29, 1.82) is 0 Å². The van der Waals surface area contributed by atoms with Crippen LogP contribution in [0, 0.1) is 0 Å². The van der Waals surface area contributed by atoms with E-state index in [1.807, 2.05) is 0 Å². The molecule has 0 aromatic carbocycles. The maximum absolute atomic E-state index is 2.32. The number of rotatable bonds is 0. The second kappa shape index (κ2) is 9.12. The van der Waals surface area contributed by atoms with Crippen molar-refractivity contribution in [3.05, 3.63) is 0 Å². The molecule has 4 heavy (non-hydrogen) atoms. The Kier molecular flexibility index (Phi) is 20.2. The molecule has 0 bridgehead atoms. The molecule has 0 unspecified atom stereocenters. The fourth-order valence-electron chi connectivity index (χ4n) is 0. The van der Waals surface area contributed by atoms with E-state index in [1.165, 1.54) is 0 Å². The molecule has 4 radical (unpaired) electrons. The van der Waals surface area contributed by atoms with Gasteiger partial charge in [0.25, 0.3) is 0 Å². The zero-order valence-electron chi connectivity index (χ0n) is 3.15. The van der Waals surface area contributed by atoms with Crippen LogP contribution in [0.15, 0.2) is 0 Å². The van der Waals surface area contributed by atoms with E-state index in [0.717, 1.165) is 0 Å². The van der Waals surface area contributed by atoms with Crippen LogP contribution >= 0.6 is 0 Å². The summed E-state index contributed by atoms with van der Waals surface area (Å²) in [5.41, 5.74) is 0. The molecule has 0 nitrogen and oxygen atoms in total. The van der Waals surface area contributed by atoms with E-state index in [1.54, 1.807) is 0 Å². The molecule has 0 aromatic heterocycles. The summed E-state index contributed by atoms with van der Waals surface area (Å²) in [4.78, 5) is 4.63. The van der Waals surface area contributed by atoms with Gasteiger partial charge in [0.05, 0.1) is 0 Å². The van der Waals surface area contributed by atoms with Gasteiger partial charge in [-0.1, -0.05) is 0 Å². The molecule has 22 valence electrons. The topological polar surface area (TPSA) is 0 Å². The zero-order valence-corrected chi connectivity index (χ0v) is 6.45. The summed E-state index contributed by atoms with van der Waals surface area (Å²) < 4.78 is 0. The second-order valence-electron chi connectivity index (χ2n) is 0.577. The van der Waals surface area contributed by atoms with Crippen molar-refractivity contribution >= 4 is 29.6 Å². The van der Waals surface area contributed by atoms with Crippen molar-refractivity contribution in [2.75, 3.05) is 0 Å². The Labute approximate surface area is 39.8 Å². The van der Waals surface area contributed by atoms with Gasteiger partial charge in [-0.2, -0.15) is 0 Å². The van der Waals surface area contributed by atoms with Gasteiger partial charge in [0.15, 0.2) is 0 Å². The second-order valence-corrected chi connectivity index (χ2v) is 3.87. The summed E-state index contributed by atoms with van der Waals surface area (Å²) in [6.07, 6.45) is 0. The molecule has 0 saturated carbocycles. The van der Waals surface area contributed by atoms with Gasteiger partial charge < -0.3 is 0 Å². The van der Waals surface area contributed by atoms with Crippen LogP contribution in [-0.2, 0) is 0 Å². The van der Waals surface area contributed by atoms with Gasteiger partial charge in [-0.15, -0.1) is 0 Å². The van der Waals surface area contributed by atoms with Gasteiger partial charge >= 0.3 is 31.0 Å². The molecule has 0 amide bonds. The monoisotopic (exact) mass is 162 g/mol. The van der Waals surface area contributed by atoms with Gasteiger partial charge in [-0.3, -0.25) is 0 Å². The Morgan fingerprint density at radius 3 is 1.25 bits per heavy atom. The molecule has 0 rings (SSSR count). The summed E-state index contributed by atoms with van der Waals surface area (Å²) in [6.45, 7) is 0. The quantitative estimate of drug-likeness (QED) is 0.443. The number of hydrogen-bond donors (Lipinski definition) is 0. The maximum atomic E-state index is 2.32. The molecule has 0 atom stereocenters. The van der Waals surface area contributed by atoms with E-state index in [4.69, 9.17) is 0 Å². The van der Waals surface area contributed by atoms with Crippen LogP contribution in [0.5, 0.6) is 0 Å². The van der Waals surface area contributed by atoms with Crippen LogP contribution in [0.1, 0.15) is 0 Å². The summed E-state index contributed by atoms with van der Waals surface area (Å²) in [7, 11) is 0. The Balaban J connectivity index is 0. The third-order valence-corrected chi connectivity index (χ3v) is 0. The molecular weight excluding hydrogens is 154 g/mol. The van der Waals surface area contributed by atoms with Crippen LogP contribution < -0.4 is 0 Å². The van der Waals surface area contributed by atoms with E-state index in [9.17, 15) is 0 Å². The summed E-state index contributed by atoms with van der Waals surface area (Å²) in [5.74, 6) is 0. The predicted octanol–water partition coefficient (Wildman–Crippen LogP) is 0.138. The fraction of sp³-hybridized carbons (Fsp3) is 1.00. The first-order valence-electron chi connectivity index (χ1n) is 1.15. The molecule has 0 N–H and O–H groups in total. The van der Waals surface area contributed by atoms with E-state index < -0.39 is 0 Å². The minimum absolute atomic E-state index is 0. The van der Waals surface area contributed by atoms with Crippen molar-refractivity contribution in [2.24, 2.45) is 0 Å². The molecule has 0 spiro atoms. The van der Waals surface area contributed by atoms with Gasteiger partial charge in [-0.05, 0) is 0 Å². The van der Waals surface area contributed by atoms with Crippen LogP contribution in [0.3, 0.4) is 0 Å². The van der Waals surface area contributed by atoms with E-state index in [2.05, 4.69) is 9.88 Å². The van der Waals surface area contributed by atoms with Crippen LogP contribution in [-0.4, -0.2) is 29.6 Å². The Morgan fingerprint density at radius 1 is 1.25 bits per heavy atom.